The van der Waals surface area contributed by atoms with E-state index < -0.39 is 33.5 Å². The van der Waals surface area contributed by atoms with Crippen LogP contribution in [0.5, 0.6) is 11.5 Å². The number of sulfonamides is 1. The van der Waals surface area contributed by atoms with Gasteiger partial charge < -0.3 is 14.8 Å². The number of esters is 1. The molecule has 0 bridgehead atoms. The van der Waals surface area contributed by atoms with E-state index in [1.165, 1.54) is 32.2 Å². The van der Waals surface area contributed by atoms with Gasteiger partial charge in [-0.15, -0.1) is 0 Å². The van der Waals surface area contributed by atoms with Crippen molar-refractivity contribution in [2.24, 2.45) is 0 Å². The predicted molar refractivity (Wildman–Crippen MR) is 153 cm³/mol. The normalized spacial score (nSPS) is 17.8. The summed E-state index contributed by atoms with van der Waals surface area (Å²) in [5.41, 5.74) is -0.387. The minimum atomic E-state index is -4.14. The van der Waals surface area contributed by atoms with E-state index in [-0.39, 0.29) is 34.3 Å². The zero-order chi connectivity index (χ0) is 29.8. The molecule has 9 nitrogen and oxygen atoms in total. The van der Waals surface area contributed by atoms with Gasteiger partial charge in [-0.2, -0.15) is 9.57 Å². The maximum Gasteiger partial charge on any atom is 0.328 e. The lowest BCUT2D eigenvalue weighted by atomic mass is 9.97. The summed E-state index contributed by atoms with van der Waals surface area (Å²) >= 11 is 12.1. The van der Waals surface area contributed by atoms with Crippen molar-refractivity contribution in [1.29, 1.82) is 5.26 Å². The van der Waals surface area contributed by atoms with Crippen LogP contribution in [0.2, 0.25) is 10.0 Å². The largest absolute Gasteiger partial charge is 0.467 e. The molecule has 41 heavy (non-hydrogen) atoms. The van der Waals surface area contributed by atoms with Crippen LogP contribution in [0, 0.1) is 11.3 Å². The summed E-state index contributed by atoms with van der Waals surface area (Å²) in [5, 5.41) is 12.3. The van der Waals surface area contributed by atoms with E-state index in [1.54, 1.807) is 48.5 Å². The number of amides is 1. The SMILES string of the molecule is COC(=O)[C@H](Cc1ccc(Oc2ccccc2C#N)cc1)NC(=O)[C@]1(C)CCCN1S(=O)(=O)c1cc(Cl)cc(Cl)c1. The smallest absolute Gasteiger partial charge is 0.328 e. The number of para-hydroxylation sites is 1. The zero-order valence-electron chi connectivity index (χ0n) is 22.3. The standard InChI is InChI=1S/C29H27Cl2N3O6S/c1-29(12-5-13-34(29)41(37,38)24-16-21(30)15-22(31)17-24)28(36)33-25(27(35)39-2)14-19-8-10-23(11-9-19)40-26-7-4-3-6-20(26)18-32/h3-4,6-11,15-17,25H,5,12-14H2,1-2H3,(H,33,36)/t25-,29-/m0/s1. The highest BCUT2D eigenvalue weighted by molar-refractivity contribution is 7.89. The molecule has 3 aromatic carbocycles. The molecular formula is C29H27Cl2N3O6S. The molecule has 1 saturated heterocycles. The first-order chi connectivity index (χ1) is 19.5. The summed E-state index contributed by atoms with van der Waals surface area (Å²) in [6.45, 7) is 1.63. The fourth-order valence-corrected chi connectivity index (χ4v) is 7.24. The summed E-state index contributed by atoms with van der Waals surface area (Å²) in [7, 11) is -2.93. The minimum Gasteiger partial charge on any atom is -0.467 e. The first-order valence-electron chi connectivity index (χ1n) is 12.6. The van der Waals surface area contributed by atoms with E-state index in [0.29, 0.717) is 29.0 Å². The highest BCUT2D eigenvalue weighted by atomic mass is 35.5. The van der Waals surface area contributed by atoms with Gasteiger partial charge in [-0.1, -0.05) is 47.5 Å². The maximum atomic E-state index is 13.6. The summed E-state index contributed by atoms with van der Waals surface area (Å²) in [5.74, 6) is -0.420. The quantitative estimate of drug-likeness (QED) is 0.332. The number of hydrogen-bond acceptors (Lipinski definition) is 7. The molecule has 3 aromatic rings. The Morgan fingerprint density at radius 1 is 1.10 bits per heavy atom. The number of rotatable bonds is 9. The Morgan fingerprint density at radius 2 is 1.76 bits per heavy atom. The average molecular weight is 617 g/mol. The lowest BCUT2D eigenvalue weighted by Crippen LogP contribution is -2.58. The molecule has 0 saturated carbocycles. The van der Waals surface area contributed by atoms with Gasteiger partial charge in [0.05, 0.1) is 17.6 Å². The molecule has 0 aliphatic carbocycles. The van der Waals surface area contributed by atoms with Gasteiger partial charge in [0, 0.05) is 23.0 Å². The number of nitrogens with zero attached hydrogens (tertiary/aromatic N) is 2. The van der Waals surface area contributed by atoms with Crippen molar-refractivity contribution in [2.45, 2.75) is 42.7 Å². The van der Waals surface area contributed by atoms with Crippen molar-refractivity contribution >= 4 is 45.1 Å². The van der Waals surface area contributed by atoms with Crippen LogP contribution in [-0.2, 0) is 30.8 Å². The van der Waals surface area contributed by atoms with Gasteiger partial charge in [-0.3, -0.25) is 4.79 Å². The maximum absolute atomic E-state index is 13.6. The Kier molecular flexibility index (Phi) is 9.24. The van der Waals surface area contributed by atoms with Crippen LogP contribution in [0.4, 0.5) is 0 Å². The van der Waals surface area contributed by atoms with E-state index in [9.17, 15) is 23.3 Å². The van der Waals surface area contributed by atoms with Crippen molar-refractivity contribution in [1.82, 2.24) is 9.62 Å². The van der Waals surface area contributed by atoms with Gasteiger partial charge >= 0.3 is 5.97 Å². The van der Waals surface area contributed by atoms with Crippen LogP contribution in [0.15, 0.2) is 71.6 Å². The number of nitrogens with one attached hydrogen (secondary N) is 1. The lowest BCUT2D eigenvalue weighted by molar-refractivity contribution is -0.146. The minimum absolute atomic E-state index is 0.0835. The Labute approximate surface area is 248 Å². The average Bonchev–Trinajstić information content (AvgIpc) is 3.36. The number of halogens is 2. The second-order valence-electron chi connectivity index (χ2n) is 9.67. The molecule has 0 radical (unpaired) electrons. The van der Waals surface area contributed by atoms with E-state index in [0.717, 1.165) is 4.31 Å². The van der Waals surface area contributed by atoms with Crippen LogP contribution in [-0.4, -0.2) is 49.8 Å². The van der Waals surface area contributed by atoms with Crippen LogP contribution >= 0.6 is 23.2 Å². The molecule has 1 heterocycles. The Bertz CT molecular complexity index is 1590. The summed E-state index contributed by atoms with van der Waals surface area (Å²) in [4.78, 5) is 26.2. The molecule has 0 unspecified atom stereocenters. The van der Waals surface area contributed by atoms with Gasteiger partial charge in [0.25, 0.3) is 0 Å². The third-order valence-electron chi connectivity index (χ3n) is 6.88. The predicted octanol–water partition coefficient (Wildman–Crippen LogP) is 5.10. The topological polar surface area (TPSA) is 126 Å². The second kappa shape index (κ2) is 12.5. The van der Waals surface area contributed by atoms with Crippen LogP contribution in [0.3, 0.4) is 0 Å². The van der Waals surface area contributed by atoms with Crippen LogP contribution in [0.1, 0.15) is 30.9 Å². The Morgan fingerprint density at radius 3 is 2.39 bits per heavy atom. The first-order valence-corrected chi connectivity index (χ1v) is 14.8. The Balaban J connectivity index is 1.52. The molecule has 1 aliphatic rings. The summed E-state index contributed by atoms with van der Waals surface area (Å²) < 4.78 is 38.9. The number of carbonyl (C=O) groups excluding carboxylic acids is 2. The number of nitriles is 1. The third kappa shape index (κ3) is 6.66. The van der Waals surface area contributed by atoms with Gasteiger partial charge in [-0.25, -0.2) is 13.2 Å². The van der Waals surface area contributed by atoms with E-state index >= 15 is 0 Å². The van der Waals surface area contributed by atoms with Crippen molar-refractivity contribution < 1.29 is 27.5 Å². The number of benzene rings is 3. The molecule has 12 heteroatoms. The zero-order valence-corrected chi connectivity index (χ0v) is 24.6. The molecule has 1 fully saturated rings. The highest BCUT2D eigenvalue weighted by Gasteiger charge is 2.50. The van der Waals surface area contributed by atoms with Crippen LogP contribution in [0.25, 0.3) is 0 Å². The molecule has 0 aromatic heterocycles. The van der Waals surface area contributed by atoms with E-state index in [2.05, 4.69) is 11.4 Å². The number of methoxy groups -OCH3 is 1. The van der Waals surface area contributed by atoms with Crippen molar-refractivity contribution in [3.8, 4) is 17.6 Å². The second-order valence-corrected chi connectivity index (χ2v) is 12.4. The van der Waals surface area contributed by atoms with Crippen LogP contribution < -0.4 is 10.1 Å². The number of ether oxygens (including phenoxy) is 2. The monoisotopic (exact) mass is 615 g/mol. The Hall–Kier alpha value is -3.62. The fraction of sp³-hybridized carbons (Fsp3) is 0.276. The van der Waals surface area contributed by atoms with Crippen molar-refractivity contribution in [3.63, 3.8) is 0 Å². The van der Waals surface area contributed by atoms with Crippen molar-refractivity contribution in [3.05, 3.63) is 87.9 Å². The molecular weight excluding hydrogens is 589 g/mol. The molecule has 4 rings (SSSR count). The number of hydrogen-bond donors (Lipinski definition) is 1. The lowest BCUT2D eigenvalue weighted by Gasteiger charge is -2.34. The molecule has 1 aliphatic heterocycles. The van der Waals surface area contributed by atoms with Crippen molar-refractivity contribution in [2.75, 3.05) is 13.7 Å². The molecule has 214 valence electrons. The molecule has 1 N–H and O–H groups in total. The summed E-state index contributed by atoms with van der Waals surface area (Å²) in [6.07, 6.45) is 0.771. The first kappa shape index (κ1) is 30.3. The van der Waals surface area contributed by atoms with Gasteiger partial charge in [0.15, 0.2) is 0 Å². The molecule has 2 atom stereocenters. The third-order valence-corrected chi connectivity index (χ3v) is 9.31. The fourth-order valence-electron chi connectivity index (χ4n) is 4.71. The van der Waals surface area contributed by atoms with Gasteiger partial charge in [-0.05, 0) is 67.8 Å². The van der Waals surface area contributed by atoms with E-state index in [1.807, 2.05) is 0 Å². The summed E-state index contributed by atoms with van der Waals surface area (Å²) in [6, 6.07) is 18.6. The highest BCUT2D eigenvalue weighted by Crippen LogP contribution is 2.36. The number of carbonyl (C=O) groups is 2. The van der Waals surface area contributed by atoms with Gasteiger partial charge in [0.1, 0.15) is 29.1 Å². The molecule has 1 amide bonds. The molecule has 0 spiro atoms. The van der Waals surface area contributed by atoms with E-state index in [4.69, 9.17) is 32.7 Å². The van der Waals surface area contributed by atoms with Gasteiger partial charge in [0.2, 0.25) is 15.9 Å².